The molecular weight excluding hydrogens is 514 g/mol. The Labute approximate surface area is 214 Å². The fourth-order valence-corrected chi connectivity index (χ4v) is 4.62. The molecule has 3 N–H and O–H groups in total. The molecule has 0 spiro atoms. The average molecular weight is 538 g/mol. The maximum atomic E-state index is 12.8. The minimum atomic E-state index is -1.16. The summed E-state index contributed by atoms with van der Waals surface area (Å²) in [6.45, 7) is 1.14. The first kappa shape index (κ1) is 27.0. The molecule has 1 aromatic carbocycles. The highest BCUT2D eigenvalue weighted by atomic mass is 35.5. The van der Waals surface area contributed by atoms with Crippen molar-refractivity contribution in [3.05, 3.63) is 48.9 Å². The SMILES string of the molecule is CN1CCc2nc(C(=O)NC(CNC(=O)C(=O)Nc3ccc(Cl)c([N+](=O)[O-])c3)C(=O)N(C)C)sc2C1. The van der Waals surface area contributed by atoms with Crippen molar-refractivity contribution in [3.63, 3.8) is 0 Å². The Morgan fingerprint density at radius 2 is 2.00 bits per heavy atom. The number of nitro benzene ring substituents is 1. The van der Waals surface area contributed by atoms with E-state index in [9.17, 15) is 29.3 Å². The topological polar surface area (TPSA) is 167 Å². The van der Waals surface area contributed by atoms with Crippen LogP contribution in [0.3, 0.4) is 0 Å². The van der Waals surface area contributed by atoms with E-state index in [2.05, 4.69) is 25.8 Å². The van der Waals surface area contributed by atoms with Crippen LogP contribution in [0.1, 0.15) is 20.4 Å². The number of anilines is 1. The quantitative estimate of drug-likeness (QED) is 0.263. The van der Waals surface area contributed by atoms with E-state index in [1.165, 1.54) is 42.5 Å². The first-order chi connectivity index (χ1) is 17.0. The zero-order valence-corrected chi connectivity index (χ0v) is 21.2. The van der Waals surface area contributed by atoms with Gasteiger partial charge in [0.15, 0.2) is 5.01 Å². The van der Waals surface area contributed by atoms with E-state index in [1.54, 1.807) is 0 Å². The summed E-state index contributed by atoms with van der Waals surface area (Å²) in [4.78, 5) is 69.0. The van der Waals surface area contributed by atoms with Crippen molar-refractivity contribution in [2.75, 3.05) is 39.5 Å². The number of fused-ring (bicyclic) bond motifs is 1. The highest BCUT2D eigenvalue weighted by Crippen LogP contribution is 2.27. The van der Waals surface area contributed by atoms with Crippen LogP contribution in [-0.2, 0) is 27.3 Å². The normalized spacial score (nSPS) is 13.8. The van der Waals surface area contributed by atoms with Gasteiger partial charge in [-0.3, -0.25) is 29.3 Å². The Balaban J connectivity index is 1.64. The van der Waals surface area contributed by atoms with Gasteiger partial charge in [-0.05, 0) is 19.2 Å². The van der Waals surface area contributed by atoms with Crippen molar-refractivity contribution < 1.29 is 24.1 Å². The first-order valence-corrected chi connectivity index (χ1v) is 11.9. The van der Waals surface area contributed by atoms with E-state index >= 15 is 0 Å². The zero-order valence-electron chi connectivity index (χ0n) is 19.7. The van der Waals surface area contributed by atoms with E-state index in [0.29, 0.717) is 6.54 Å². The maximum absolute atomic E-state index is 12.8. The number of nitro groups is 1. The molecule has 0 saturated carbocycles. The Bertz CT molecular complexity index is 1220. The molecule has 192 valence electrons. The summed E-state index contributed by atoms with van der Waals surface area (Å²) < 4.78 is 0. The molecule has 1 unspecified atom stereocenters. The number of halogens is 1. The van der Waals surface area contributed by atoms with E-state index < -0.39 is 40.3 Å². The van der Waals surface area contributed by atoms with Gasteiger partial charge in [-0.1, -0.05) is 11.6 Å². The first-order valence-electron chi connectivity index (χ1n) is 10.7. The van der Waals surface area contributed by atoms with Gasteiger partial charge < -0.3 is 25.8 Å². The molecule has 13 nitrogen and oxygen atoms in total. The molecule has 0 fully saturated rings. The standard InChI is InChI=1S/C21H24ClN7O6S/c1-27(2)21(33)14(25-19(32)20-26-13-6-7-28(3)10-16(13)36-20)9-23-17(30)18(31)24-11-4-5-12(22)15(8-11)29(34)35/h4-5,8,14H,6-7,9-10H2,1-3H3,(H,23,30)(H,24,31)(H,25,32). The van der Waals surface area contributed by atoms with Crippen molar-refractivity contribution in [2.45, 2.75) is 19.0 Å². The van der Waals surface area contributed by atoms with Crippen LogP contribution in [0, 0.1) is 10.1 Å². The summed E-state index contributed by atoms with van der Waals surface area (Å²) in [5, 5.41) is 18.2. The molecule has 1 atom stereocenters. The molecule has 1 aliphatic rings. The Kier molecular flexibility index (Phi) is 8.55. The van der Waals surface area contributed by atoms with Crippen molar-refractivity contribution in [2.24, 2.45) is 0 Å². The van der Waals surface area contributed by atoms with Crippen LogP contribution in [0.2, 0.25) is 5.02 Å². The molecule has 0 saturated heterocycles. The highest BCUT2D eigenvalue weighted by molar-refractivity contribution is 7.13. The van der Waals surface area contributed by atoms with Gasteiger partial charge in [-0.15, -0.1) is 11.3 Å². The summed E-state index contributed by atoms with van der Waals surface area (Å²) in [5.41, 5.74) is 0.398. The van der Waals surface area contributed by atoms with Crippen molar-refractivity contribution in [1.29, 1.82) is 0 Å². The monoisotopic (exact) mass is 537 g/mol. The third kappa shape index (κ3) is 6.53. The largest absolute Gasteiger partial charge is 0.347 e. The molecule has 2 heterocycles. The van der Waals surface area contributed by atoms with Crippen molar-refractivity contribution in [1.82, 2.24) is 25.4 Å². The van der Waals surface area contributed by atoms with Gasteiger partial charge in [0, 0.05) is 56.8 Å². The number of nitrogens with one attached hydrogen (secondary N) is 3. The second kappa shape index (κ2) is 11.4. The van der Waals surface area contributed by atoms with Gasteiger partial charge in [-0.25, -0.2) is 4.98 Å². The van der Waals surface area contributed by atoms with Crippen LogP contribution < -0.4 is 16.0 Å². The third-order valence-electron chi connectivity index (χ3n) is 5.23. The lowest BCUT2D eigenvalue weighted by molar-refractivity contribution is -0.384. The van der Waals surface area contributed by atoms with Crippen LogP contribution in [-0.4, -0.2) is 83.6 Å². The number of nitrogens with zero attached hydrogens (tertiary/aromatic N) is 4. The Morgan fingerprint density at radius 1 is 1.28 bits per heavy atom. The number of hydrogen-bond acceptors (Lipinski definition) is 9. The second-order valence-electron chi connectivity index (χ2n) is 8.22. The summed E-state index contributed by atoms with van der Waals surface area (Å²) in [6, 6.07) is 2.36. The minimum absolute atomic E-state index is 0.0150. The Hall–Kier alpha value is -3.62. The number of thiazole rings is 1. The molecule has 3 rings (SSSR count). The fraction of sp³-hybridized carbons (Fsp3) is 0.381. The maximum Gasteiger partial charge on any atom is 0.313 e. The molecule has 15 heteroatoms. The van der Waals surface area contributed by atoms with Crippen LogP contribution in [0.25, 0.3) is 0 Å². The van der Waals surface area contributed by atoms with Gasteiger partial charge in [0.2, 0.25) is 5.91 Å². The van der Waals surface area contributed by atoms with Crippen LogP contribution in [0.5, 0.6) is 0 Å². The number of amides is 4. The summed E-state index contributed by atoms with van der Waals surface area (Å²) in [7, 11) is 4.95. The molecule has 0 radical (unpaired) electrons. The number of rotatable bonds is 7. The van der Waals surface area contributed by atoms with E-state index in [-0.39, 0.29) is 22.3 Å². The lowest BCUT2D eigenvalue weighted by atomic mass is 10.2. The molecule has 1 aliphatic heterocycles. The predicted molar refractivity (Wildman–Crippen MR) is 132 cm³/mol. The van der Waals surface area contributed by atoms with Crippen LogP contribution in [0.4, 0.5) is 11.4 Å². The van der Waals surface area contributed by atoms with Crippen LogP contribution in [0.15, 0.2) is 18.2 Å². The molecule has 0 bridgehead atoms. The predicted octanol–water partition coefficient (Wildman–Crippen LogP) is 0.634. The highest BCUT2D eigenvalue weighted by Gasteiger charge is 2.28. The van der Waals surface area contributed by atoms with Gasteiger partial charge in [0.05, 0.1) is 10.6 Å². The lowest BCUT2D eigenvalue weighted by Crippen LogP contribution is -2.53. The average Bonchev–Trinajstić information content (AvgIpc) is 3.25. The zero-order chi connectivity index (χ0) is 26.6. The van der Waals surface area contributed by atoms with Crippen molar-refractivity contribution >= 4 is 57.9 Å². The minimum Gasteiger partial charge on any atom is -0.347 e. The van der Waals surface area contributed by atoms with Gasteiger partial charge >= 0.3 is 11.8 Å². The Morgan fingerprint density at radius 3 is 2.67 bits per heavy atom. The van der Waals surface area contributed by atoms with Crippen LogP contribution >= 0.6 is 22.9 Å². The summed E-state index contributed by atoms with van der Waals surface area (Å²) in [6.07, 6.45) is 0.720. The van der Waals surface area contributed by atoms with Gasteiger partial charge in [-0.2, -0.15) is 0 Å². The summed E-state index contributed by atoms with van der Waals surface area (Å²) in [5.74, 6) is -3.29. The lowest BCUT2D eigenvalue weighted by Gasteiger charge is -2.21. The number of aromatic nitrogens is 1. The van der Waals surface area contributed by atoms with Gasteiger partial charge in [0.25, 0.3) is 11.6 Å². The molecule has 2 aromatic rings. The molecule has 1 aromatic heterocycles. The third-order valence-corrected chi connectivity index (χ3v) is 6.63. The number of carbonyl (C=O) groups excluding carboxylic acids is 4. The summed E-state index contributed by atoms with van der Waals surface area (Å²) >= 11 is 6.99. The number of carbonyl (C=O) groups is 4. The number of likely N-dealkylation sites (N-methyl/N-ethyl adjacent to an activating group) is 2. The van der Waals surface area contributed by atoms with E-state index in [4.69, 9.17) is 11.6 Å². The van der Waals surface area contributed by atoms with Gasteiger partial charge in [0.1, 0.15) is 11.1 Å². The molecule has 36 heavy (non-hydrogen) atoms. The van der Waals surface area contributed by atoms with Crippen molar-refractivity contribution in [3.8, 4) is 0 Å². The fourth-order valence-electron chi connectivity index (χ4n) is 3.35. The molecule has 4 amide bonds. The number of benzene rings is 1. The second-order valence-corrected chi connectivity index (χ2v) is 9.71. The molecular formula is C21H24ClN7O6S. The van der Waals surface area contributed by atoms with E-state index in [0.717, 1.165) is 29.6 Å². The number of hydrogen-bond donors (Lipinski definition) is 3. The van der Waals surface area contributed by atoms with E-state index in [1.807, 2.05) is 7.05 Å². The molecule has 0 aliphatic carbocycles. The smallest absolute Gasteiger partial charge is 0.313 e.